The van der Waals surface area contributed by atoms with Crippen LogP contribution in [-0.2, 0) is 0 Å². The molecule has 0 saturated heterocycles. The molecule has 0 saturated carbocycles. The van der Waals surface area contributed by atoms with Crippen LogP contribution >= 0.6 is 61.0 Å². The van der Waals surface area contributed by atoms with Crippen molar-refractivity contribution in [1.82, 2.24) is 0 Å². The van der Waals surface area contributed by atoms with E-state index in [1.165, 1.54) is 71.6 Å². The normalized spacial score (nSPS) is 11.5. The van der Waals surface area contributed by atoms with Gasteiger partial charge in [0, 0.05) is 18.0 Å². The number of benzene rings is 8. The van der Waals surface area contributed by atoms with E-state index < -0.39 is 15.8 Å². The van der Waals surface area contributed by atoms with E-state index in [1.54, 1.807) is 0 Å². The highest BCUT2D eigenvalue weighted by molar-refractivity contribution is 14.1. The van der Waals surface area contributed by atoms with E-state index in [2.05, 4.69) is 227 Å². The summed E-state index contributed by atoms with van der Waals surface area (Å²) in [7, 11) is -1.77. The molecule has 8 aromatic rings. The highest BCUT2D eigenvalue weighted by Crippen LogP contribution is 2.47. The number of hydrogen-bond acceptors (Lipinski definition) is 0. The van der Waals surface area contributed by atoms with Crippen LogP contribution in [0.4, 0.5) is 0 Å². The molecule has 0 heterocycles. The van der Waals surface area contributed by atoms with Crippen LogP contribution in [0, 0.1) is 7.14 Å². The first-order valence-electron chi connectivity index (χ1n) is 15.9. The zero-order valence-corrected chi connectivity index (χ0v) is 32.1. The summed E-state index contributed by atoms with van der Waals surface area (Å²) in [5.74, 6) is 0. The molecule has 0 N–H and O–H groups in total. The third kappa shape index (κ3) is 5.92. The molecule has 4 heteroatoms. The molecule has 8 rings (SSSR count). The Morgan fingerprint density at radius 3 is 1.25 bits per heavy atom. The second-order valence-electron chi connectivity index (χ2n) is 11.6. The van der Waals surface area contributed by atoms with Crippen molar-refractivity contribution in [3.8, 4) is 11.1 Å². The molecule has 48 heavy (non-hydrogen) atoms. The van der Waals surface area contributed by atoms with Gasteiger partial charge in [-0.2, -0.15) is 0 Å². The number of halogens is 2. The molecule has 0 amide bonds. The van der Waals surface area contributed by atoms with Crippen molar-refractivity contribution in [3.63, 3.8) is 0 Å². The smallest absolute Gasteiger partial charge is 0.0360 e. The molecule has 0 spiro atoms. The summed E-state index contributed by atoms with van der Waals surface area (Å²) < 4.78 is 2.65. The minimum atomic E-state index is -0.901. The molecule has 0 aromatic heterocycles. The highest BCUT2D eigenvalue weighted by atomic mass is 127. The van der Waals surface area contributed by atoms with Gasteiger partial charge >= 0.3 is 0 Å². The topological polar surface area (TPSA) is 0 Å². The van der Waals surface area contributed by atoms with Gasteiger partial charge in [0.2, 0.25) is 0 Å². The van der Waals surface area contributed by atoms with Crippen LogP contribution in [0.1, 0.15) is 0 Å². The fourth-order valence-corrected chi connectivity index (χ4v) is 13.9. The summed E-state index contributed by atoms with van der Waals surface area (Å²) in [6, 6.07) is 67.4. The fraction of sp³-hybridized carbons (Fsp3) is 0. The molecule has 0 nitrogen and oxygen atoms in total. The van der Waals surface area contributed by atoms with Crippen LogP contribution in [-0.4, -0.2) is 0 Å². The Morgan fingerprint density at radius 2 is 0.729 bits per heavy atom. The Labute approximate surface area is 312 Å². The number of fused-ring (bicyclic) bond motifs is 2. The average molecular weight is 874 g/mol. The second kappa shape index (κ2) is 14.2. The van der Waals surface area contributed by atoms with Gasteiger partial charge in [0.25, 0.3) is 0 Å². The van der Waals surface area contributed by atoms with Crippen LogP contribution in [0.15, 0.2) is 182 Å². The van der Waals surface area contributed by atoms with Crippen LogP contribution in [0.5, 0.6) is 0 Å². The predicted molar refractivity (Wildman–Crippen MR) is 230 cm³/mol. The third-order valence-corrected chi connectivity index (χ3v) is 17.4. The van der Waals surface area contributed by atoms with Gasteiger partial charge in [-0.1, -0.05) is 182 Å². The van der Waals surface area contributed by atoms with Crippen LogP contribution in [0.2, 0.25) is 0 Å². The minimum Gasteiger partial charge on any atom is -0.0622 e. The monoisotopic (exact) mass is 874 g/mol. The van der Waals surface area contributed by atoms with Crippen molar-refractivity contribution in [3.05, 3.63) is 189 Å². The zero-order valence-electron chi connectivity index (χ0n) is 26.0. The lowest BCUT2D eigenvalue weighted by molar-refractivity contribution is 1.67. The summed E-state index contributed by atoms with van der Waals surface area (Å²) >= 11 is 5.27. The zero-order chi connectivity index (χ0) is 32.5. The fourth-order valence-electron chi connectivity index (χ4n) is 6.67. The molecule has 0 aliphatic rings. The summed E-state index contributed by atoms with van der Waals surface area (Å²) in [4.78, 5) is 0. The van der Waals surface area contributed by atoms with E-state index in [4.69, 9.17) is 0 Å². The van der Waals surface area contributed by atoms with Gasteiger partial charge in [-0.15, -0.1) is 0 Å². The molecular formula is C44H30I2P2. The molecule has 0 fully saturated rings. The third-order valence-electron chi connectivity index (χ3n) is 8.75. The maximum Gasteiger partial charge on any atom is 0.0360 e. The summed E-state index contributed by atoms with van der Waals surface area (Å²) in [6.45, 7) is 0. The van der Waals surface area contributed by atoms with Crippen molar-refractivity contribution in [2.24, 2.45) is 0 Å². The van der Waals surface area contributed by atoms with Gasteiger partial charge in [0.05, 0.1) is 0 Å². The van der Waals surface area contributed by atoms with E-state index in [9.17, 15) is 0 Å². The Kier molecular flexibility index (Phi) is 9.43. The van der Waals surface area contributed by atoms with Gasteiger partial charge in [-0.3, -0.25) is 0 Å². The standard InChI is InChI=1S/C44H30I2P2/c45-42-38-28-16-15-27-37(38)41(44(43(42)46)48(34-22-9-3-10-23-34)35-24-11-4-12-25-35)40-36-26-14-13-17-31(36)29-30-39(40)47(32-18-5-1-6-19-32)33-20-7-2-8-21-33/h1-30H. The molecule has 8 aromatic carbocycles. The second-order valence-corrected chi connectivity index (χ2v) is 18.1. The molecule has 0 aliphatic heterocycles. The predicted octanol–water partition coefficient (Wildman–Crippen LogP) is 10.4. The van der Waals surface area contributed by atoms with E-state index >= 15 is 0 Å². The van der Waals surface area contributed by atoms with Crippen LogP contribution < -0.4 is 31.8 Å². The lowest BCUT2D eigenvalue weighted by Crippen LogP contribution is -2.28. The first-order valence-corrected chi connectivity index (χ1v) is 20.8. The summed E-state index contributed by atoms with van der Waals surface area (Å²) in [5, 5.41) is 13.4. The SMILES string of the molecule is Ic1c(P(c2ccccc2)c2ccccc2)c(-c2c(P(c3ccccc3)c3ccccc3)ccc3ccccc23)c2ccccc2c1I. The van der Waals surface area contributed by atoms with Crippen molar-refractivity contribution in [2.45, 2.75) is 0 Å². The van der Waals surface area contributed by atoms with Crippen LogP contribution in [0.3, 0.4) is 0 Å². The lowest BCUT2D eigenvalue weighted by Gasteiger charge is -2.30. The molecule has 0 radical (unpaired) electrons. The largest absolute Gasteiger partial charge is 0.0622 e. The first kappa shape index (κ1) is 31.8. The van der Waals surface area contributed by atoms with Gasteiger partial charge < -0.3 is 0 Å². The maximum atomic E-state index is 2.66. The van der Waals surface area contributed by atoms with E-state index in [0.717, 1.165) is 0 Å². The molecule has 230 valence electrons. The Balaban J connectivity index is 1.58. The Bertz CT molecular complexity index is 2280. The Morgan fingerprint density at radius 1 is 0.312 bits per heavy atom. The summed E-state index contributed by atoms with van der Waals surface area (Å²) in [6.07, 6.45) is 0. The first-order chi connectivity index (χ1) is 23.7. The highest BCUT2D eigenvalue weighted by Gasteiger charge is 2.31. The van der Waals surface area contributed by atoms with Gasteiger partial charge in [-0.05, 0) is 115 Å². The van der Waals surface area contributed by atoms with Crippen LogP contribution in [0.25, 0.3) is 32.7 Å². The van der Waals surface area contributed by atoms with E-state index in [-0.39, 0.29) is 0 Å². The van der Waals surface area contributed by atoms with Crippen molar-refractivity contribution < 1.29 is 0 Å². The average Bonchev–Trinajstić information content (AvgIpc) is 3.16. The molecule has 0 bridgehead atoms. The van der Waals surface area contributed by atoms with E-state index in [0.29, 0.717) is 0 Å². The summed E-state index contributed by atoms with van der Waals surface area (Å²) in [5.41, 5.74) is 2.71. The van der Waals surface area contributed by atoms with Gasteiger partial charge in [0.15, 0.2) is 0 Å². The van der Waals surface area contributed by atoms with Gasteiger partial charge in [-0.25, -0.2) is 0 Å². The molecule has 0 atom stereocenters. The van der Waals surface area contributed by atoms with Crippen molar-refractivity contribution in [1.29, 1.82) is 0 Å². The number of hydrogen-bond donors (Lipinski definition) is 0. The van der Waals surface area contributed by atoms with Gasteiger partial charge in [0.1, 0.15) is 0 Å². The van der Waals surface area contributed by atoms with E-state index in [1.807, 2.05) is 0 Å². The minimum absolute atomic E-state index is 0.874. The van der Waals surface area contributed by atoms with Crippen molar-refractivity contribution >= 4 is 114 Å². The maximum absolute atomic E-state index is 2.66. The molecular weight excluding hydrogens is 844 g/mol. The number of rotatable bonds is 7. The molecule has 0 unspecified atom stereocenters. The molecule has 0 aliphatic carbocycles. The quantitative estimate of drug-likeness (QED) is 0.111. The lowest BCUT2D eigenvalue weighted by atomic mass is 9.93. The van der Waals surface area contributed by atoms with Crippen molar-refractivity contribution in [2.75, 3.05) is 0 Å². The Hall–Kier alpha value is -3.40.